The number of hydrogen-bond acceptors (Lipinski definition) is 3. The van der Waals surface area contributed by atoms with E-state index in [1.165, 1.54) is 37.3 Å². The zero-order valence-corrected chi connectivity index (χ0v) is 11.4. The Bertz CT molecular complexity index is 357. The SMILES string of the molecule is Cc1cccc(CN2CCN(CCCN)CC2)c1. The third-order valence-electron chi connectivity index (χ3n) is 3.63. The zero-order chi connectivity index (χ0) is 12.8. The maximum atomic E-state index is 5.55. The van der Waals surface area contributed by atoms with Crippen molar-refractivity contribution in [1.82, 2.24) is 9.80 Å². The molecule has 0 aromatic heterocycles. The molecule has 0 saturated carbocycles. The van der Waals surface area contributed by atoms with Crippen molar-refractivity contribution in [2.75, 3.05) is 39.3 Å². The minimum atomic E-state index is 0.809. The number of piperazine rings is 1. The van der Waals surface area contributed by atoms with Gasteiger partial charge >= 0.3 is 0 Å². The number of nitrogens with two attached hydrogens (primary N) is 1. The maximum Gasteiger partial charge on any atom is 0.0234 e. The summed E-state index contributed by atoms with van der Waals surface area (Å²) in [5.74, 6) is 0. The number of benzene rings is 1. The van der Waals surface area contributed by atoms with E-state index in [1.54, 1.807) is 0 Å². The molecule has 1 aromatic rings. The van der Waals surface area contributed by atoms with Gasteiger partial charge in [-0.25, -0.2) is 0 Å². The van der Waals surface area contributed by atoms with Gasteiger partial charge in [-0.2, -0.15) is 0 Å². The van der Waals surface area contributed by atoms with Gasteiger partial charge in [-0.05, 0) is 32.0 Å². The van der Waals surface area contributed by atoms with Crippen molar-refractivity contribution in [3.05, 3.63) is 35.4 Å². The molecule has 0 unspecified atom stereocenters. The number of rotatable bonds is 5. The van der Waals surface area contributed by atoms with Gasteiger partial charge in [0.1, 0.15) is 0 Å². The van der Waals surface area contributed by atoms with Crippen molar-refractivity contribution in [3.63, 3.8) is 0 Å². The van der Waals surface area contributed by atoms with Gasteiger partial charge in [-0.3, -0.25) is 4.90 Å². The first kappa shape index (κ1) is 13.5. The smallest absolute Gasteiger partial charge is 0.0234 e. The van der Waals surface area contributed by atoms with Gasteiger partial charge in [0, 0.05) is 32.7 Å². The molecular formula is C15H25N3. The molecule has 1 heterocycles. The van der Waals surface area contributed by atoms with Crippen molar-refractivity contribution >= 4 is 0 Å². The maximum absolute atomic E-state index is 5.55. The van der Waals surface area contributed by atoms with Crippen LogP contribution in [0.3, 0.4) is 0 Å². The fourth-order valence-electron chi connectivity index (χ4n) is 2.55. The summed E-state index contributed by atoms with van der Waals surface area (Å²) in [4.78, 5) is 5.08. The van der Waals surface area contributed by atoms with Crippen molar-refractivity contribution in [3.8, 4) is 0 Å². The molecule has 2 N–H and O–H groups in total. The third-order valence-corrected chi connectivity index (χ3v) is 3.63. The molecule has 1 aliphatic heterocycles. The van der Waals surface area contributed by atoms with Crippen LogP contribution in [-0.4, -0.2) is 49.1 Å². The highest BCUT2D eigenvalue weighted by molar-refractivity contribution is 5.22. The van der Waals surface area contributed by atoms with E-state index in [9.17, 15) is 0 Å². The van der Waals surface area contributed by atoms with E-state index in [0.717, 1.165) is 26.1 Å². The summed E-state index contributed by atoms with van der Waals surface area (Å²) in [7, 11) is 0. The third kappa shape index (κ3) is 4.09. The fourth-order valence-corrected chi connectivity index (χ4v) is 2.55. The lowest BCUT2D eigenvalue weighted by atomic mass is 10.1. The monoisotopic (exact) mass is 247 g/mol. The standard InChI is InChI=1S/C15H25N3/c1-14-4-2-5-15(12-14)13-18-10-8-17(9-11-18)7-3-6-16/h2,4-5,12H,3,6-11,13,16H2,1H3. The van der Waals surface area contributed by atoms with E-state index in [2.05, 4.69) is 41.0 Å². The van der Waals surface area contributed by atoms with Gasteiger partial charge in [-0.1, -0.05) is 29.8 Å². The van der Waals surface area contributed by atoms with Crippen LogP contribution in [0.25, 0.3) is 0 Å². The van der Waals surface area contributed by atoms with E-state index in [0.29, 0.717) is 0 Å². The van der Waals surface area contributed by atoms with Gasteiger partial charge < -0.3 is 10.6 Å². The molecule has 0 amide bonds. The Morgan fingerprint density at radius 2 is 1.83 bits per heavy atom. The highest BCUT2D eigenvalue weighted by Crippen LogP contribution is 2.10. The topological polar surface area (TPSA) is 32.5 Å². The summed E-state index contributed by atoms with van der Waals surface area (Å²) >= 11 is 0. The molecule has 0 atom stereocenters. The van der Waals surface area contributed by atoms with Crippen LogP contribution in [0.4, 0.5) is 0 Å². The lowest BCUT2D eigenvalue weighted by Gasteiger charge is -2.34. The summed E-state index contributed by atoms with van der Waals surface area (Å²) in [6.45, 7) is 9.95. The minimum absolute atomic E-state index is 0.809. The van der Waals surface area contributed by atoms with Crippen LogP contribution in [-0.2, 0) is 6.54 Å². The Morgan fingerprint density at radius 3 is 2.50 bits per heavy atom. The molecule has 3 heteroatoms. The average Bonchev–Trinajstić information content (AvgIpc) is 2.38. The molecule has 1 aliphatic rings. The second kappa shape index (κ2) is 6.88. The van der Waals surface area contributed by atoms with Crippen LogP contribution in [0.1, 0.15) is 17.5 Å². The molecule has 1 saturated heterocycles. The number of nitrogens with zero attached hydrogens (tertiary/aromatic N) is 2. The molecule has 0 aliphatic carbocycles. The predicted molar refractivity (Wildman–Crippen MR) is 76.6 cm³/mol. The first-order valence-electron chi connectivity index (χ1n) is 6.98. The Morgan fingerprint density at radius 1 is 1.11 bits per heavy atom. The Kier molecular flexibility index (Phi) is 5.17. The van der Waals surface area contributed by atoms with Gasteiger partial charge in [0.15, 0.2) is 0 Å². The van der Waals surface area contributed by atoms with E-state index in [4.69, 9.17) is 5.73 Å². The van der Waals surface area contributed by atoms with Crippen LogP contribution < -0.4 is 5.73 Å². The van der Waals surface area contributed by atoms with Crippen LogP contribution in [0, 0.1) is 6.92 Å². The van der Waals surface area contributed by atoms with Gasteiger partial charge in [0.2, 0.25) is 0 Å². The highest BCUT2D eigenvalue weighted by atomic mass is 15.3. The molecule has 0 bridgehead atoms. The van der Waals surface area contributed by atoms with Crippen molar-refractivity contribution in [2.45, 2.75) is 19.9 Å². The second-order valence-corrected chi connectivity index (χ2v) is 5.25. The highest BCUT2D eigenvalue weighted by Gasteiger charge is 2.16. The van der Waals surface area contributed by atoms with Gasteiger partial charge in [0.05, 0.1) is 0 Å². The van der Waals surface area contributed by atoms with Crippen LogP contribution in [0.2, 0.25) is 0 Å². The van der Waals surface area contributed by atoms with Crippen LogP contribution in [0.15, 0.2) is 24.3 Å². The zero-order valence-electron chi connectivity index (χ0n) is 11.4. The van der Waals surface area contributed by atoms with E-state index in [1.807, 2.05) is 0 Å². The first-order chi connectivity index (χ1) is 8.78. The molecule has 0 spiro atoms. The van der Waals surface area contributed by atoms with E-state index < -0.39 is 0 Å². The van der Waals surface area contributed by atoms with E-state index in [-0.39, 0.29) is 0 Å². The molecule has 100 valence electrons. The average molecular weight is 247 g/mol. The quantitative estimate of drug-likeness (QED) is 0.855. The summed E-state index contributed by atoms with van der Waals surface area (Å²) < 4.78 is 0. The van der Waals surface area contributed by atoms with Gasteiger partial charge in [0.25, 0.3) is 0 Å². The van der Waals surface area contributed by atoms with E-state index >= 15 is 0 Å². The molecule has 0 radical (unpaired) electrons. The Labute approximate surface area is 111 Å². The lowest BCUT2D eigenvalue weighted by molar-refractivity contribution is 0.127. The molecule has 3 nitrogen and oxygen atoms in total. The summed E-state index contributed by atoms with van der Waals surface area (Å²) in [5.41, 5.74) is 8.34. The Balaban J connectivity index is 1.76. The molecule has 18 heavy (non-hydrogen) atoms. The predicted octanol–water partition coefficient (Wildman–Crippen LogP) is 1.46. The number of aryl methyl sites for hydroxylation is 1. The normalized spacial score (nSPS) is 18.1. The number of hydrogen-bond donors (Lipinski definition) is 1. The largest absolute Gasteiger partial charge is 0.330 e. The molecule has 1 aromatic carbocycles. The van der Waals surface area contributed by atoms with Crippen molar-refractivity contribution in [2.24, 2.45) is 5.73 Å². The lowest BCUT2D eigenvalue weighted by Crippen LogP contribution is -2.46. The van der Waals surface area contributed by atoms with Crippen LogP contribution >= 0.6 is 0 Å². The van der Waals surface area contributed by atoms with Crippen molar-refractivity contribution in [1.29, 1.82) is 0 Å². The summed E-state index contributed by atoms with van der Waals surface area (Å²) in [6, 6.07) is 8.84. The summed E-state index contributed by atoms with van der Waals surface area (Å²) in [5, 5.41) is 0. The minimum Gasteiger partial charge on any atom is -0.330 e. The Hall–Kier alpha value is -0.900. The first-order valence-corrected chi connectivity index (χ1v) is 6.98. The molecular weight excluding hydrogens is 222 g/mol. The van der Waals surface area contributed by atoms with Gasteiger partial charge in [-0.15, -0.1) is 0 Å². The molecule has 1 fully saturated rings. The summed E-state index contributed by atoms with van der Waals surface area (Å²) in [6.07, 6.45) is 1.12. The second-order valence-electron chi connectivity index (χ2n) is 5.25. The van der Waals surface area contributed by atoms with Crippen molar-refractivity contribution < 1.29 is 0 Å². The fraction of sp³-hybridized carbons (Fsp3) is 0.600. The molecule has 2 rings (SSSR count). The van der Waals surface area contributed by atoms with Crippen LogP contribution in [0.5, 0.6) is 0 Å².